The van der Waals surface area contributed by atoms with E-state index in [4.69, 9.17) is 14.2 Å². The van der Waals surface area contributed by atoms with Crippen LogP contribution in [-0.2, 0) is 0 Å². The lowest BCUT2D eigenvalue weighted by Crippen LogP contribution is -2.36. The zero-order valence-electron chi connectivity index (χ0n) is 15.4. The van der Waals surface area contributed by atoms with E-state index in [1.807, 2.05) is 24.3 Å². The van der Waals surface area contributed by atoms with E-state index in [1.165, 1.54) is 12.8 Å². The Morgan fingerprint density at radius 1 is 1.15 bits per heavy atom. The number of hydrogen-bond donors (Lipinski definition) is 1. The number of likely N-dealkylation sites (tertiary alicyclic amines) is 1. The first kappa shape index (κ1) is 17.7. The van der Waals surface area contributed by atoms with Crippen molar-refractivity contribution < 1.29 is 19.0 Å². The van der Waals surface area contributed by atoms with Crippen molar-refractivity contribution in [2.45, 2.75) is 18.9 Å². The number of rotatable bonds is 6. The molecule has 6 nitrogen and oxygen atoms in total. The third-order valence-electron chi connectivity index (χ3n) is 5.17. The number of carbonyl (C=O) groups is 1. The number of ether oxygens (including phenoxy) is 3. The predicted molar refractivity (Wildman–Crippen MR) is 101 cm³/mol. The van der Waals surface area contributed by atoms with Gasteiger partial charge in [0.05, 0.1) is 18.7 Å². The van der Waals surface area contributed by atoms with Gasteiger partial charge >= 0.3 is 0 Å². The Morgan fingerprint density at radius 2 is 1.93 bits per heavy atom. The molecule has 1 fully saturated rings. The van der Waals surface area contributed by atoms with E-state index >= 15 is 0 Å². The average Bonchev–Trinajstić information content (AvgIpc) is 3.39. The topological polar surface area (TPSA) is 60.0 Å². The van der Waals surface area contributed by atoms with Crippen LogP contribution in [0.5, 0.6) is 17.2 Å². The molecule has 4 rings (SSSR count). The lowest BCUT2D eigenvalue weighted by Gasteiger charge is -2.28. The molecule has 0 aromatic heterocycles. The fourth-order valence-corrected chi connectivity index (χ4v) is 3.75. The smallest absolute Gasteiger partial charge is 0.255 e. The van der Waals surface area contributed by atoms with E-state index in [1.54, 1.807) is 19.2 Å². The van der Waals surface area contributed by atoms with Crippen molar-refractivity contribution in [3.8, 4) is 17.2 Å². The number of amides is 1. The van der Waals surface area contributed by atoms with E-state index < -0.39 is 0 Å². The SMILES string of the molecule is COc1ccccc1C(=O)NCC(c1ccc2c(c1)OCO2)N1CCCC1. The number of nitrogens with zero attached hydrogens (tertiary/aromatic N) is 1. The quantitative estimate of drug-likeness (QED) is 0.849. The third kappa shape index (κ3) is 3.71. The first-order valence-electron chi connectivity index (χ1n) is 9.31. The molecule has 1 amide bonds. The Bertz CT molecular complexity index is 818. The van der Waals surface area contributed by atoms with Gasteiger partial charge in [-0.3, -0.25) is 9.69 Å². The van der Waals surface area contributed by atoms with Crippen LogP contribution in [0.4, 0.5) is 0 Å². The molecule has 1 unspecified atom stereocenters. The highest BCUT2D eigenvalue weighted by atomic mass is 16.7. The van der Waals surface area contributed by atoms with E-state index in [2.05, 4.69) is 16.3 Å². The Hall–Kier alpha value is -2.73. The van der Waals surface area contributed by atoms with Crippen LogP contribution in [0.1, 0.15) is 34.8 Å². The van der Waals surface area contributed by atoms with Crippen molar-refractivity contribution >= 4 is 5.91 Å². The van der Waals surface area contributed by atoms with Crippen molar-refractivity contribution in [3.63, 3.8) is 0 Å². The zero-order valence-corrected chi connectivity index (χ0v) is 15.4. The lowest BCUT2D eigenvalue weighted by molar-refractivity contribution is 0.0935. The first-order chi connectivity index (χ1) is 13.3. The molecule has 0 saturated carbocycles. The number of benzene rings is 2. The third-order valence-corrected chi connectivity index (χ3v) is 5.17. The molecule has 1 N–H and O–H groups in total. The number of methoxy groups -OCH3 is 1. The van der Waals surface area contributed by atoms with Crippen molar-refractivity contribution in [1.82, 2.24) is 10.2 Å². The second-order valence-electron chi connectivity index (χ2n) is 6.78. The summed E-state index contributed by atoms with van der Waals surface area (Å²) in [6, 6.07) is 13.4. The van der Waals surface area contributed by atoms with Crippen LogP contribution in [0, 0.1) is 0 Å². The Morgan fingerprint density at radius 3 is 2.74 bits per heavy atom. The molecule has 2 aliphatic rings. The molecule has 6 heteroatoms. The van der Waals surface area contributed by atoms with Gasteiger partial charge in [-0.05, 0) is 55.8 Å². The maximum absolute atomic E-state index is 12.7. The maximum Gasteiger partial charge on any atom is 0.255 e. The fraction of sp³-hybridized carbons (Fsp3) is 0.381. The summed E-state index contributed by atoms with van der Waals surface area (Å²) < 4.78 is 16.3. The van der Waals surface area contributed by atoms with Gasteiger partial charge in [-0.1, -0.05) is 18.2 Å². The van der Waals surface area contributed by atoms with Crippen LogP contribution >= 0.6 is 0 Å². The summed E-state index contributed by atoms with van der Waals surface area (Å²) in [7, 11) is 1.58. The number of para-hydroxylation sites is 1. The molecule has 1 atom stereocenters. The summed E-state index contributed by atoms with van der Waals surface area (Å²) in [6.45, 7) is 2.85. The van der Waals surface area contributed by atoms with Crippen LogP contribution in [0.25, 0.3) is 0 Å². The largest absolute Gasteiger partial charge is 0.496 e. The monoisotopic (exact) mass is 368 g/mol. The average molecular weight is 368 g/mol. The lowest BCUT2D eigenvalue weighted by atomic mass is 10.0. The summed E-state index contributed by atoms with van der Waals surface area (Å²) in [5, 5.41) is 3.08. The van der Waals surface area contributed by atoms with Crippen molar-refractivity contribution in [2.75, 3.05) is 33.5 Å². The molecule has 2 aromatic carbocycles. The highest BCUT2D eigenvalue weighted by Crippen LogP contribution is 2.36. The molecule has 2 aliphatic heterocycles. The van der Waals surface area contributed by atoms with Crippen molar-refractivity contribution in [1.29, 1.82) is 0 Å². The minimum Gasteiger partial charge on any atom is -0.496 e. The molecular formula is C21H24N2O4. The van der Waals surface area contributed by atoms with Gasteiger partial charge in [0.1, 0.15) is 5.75 Å². The Labute approximate surface area is 159 Å². The van der Waals surface area contributed by atoms with Crippen LogP contribution in [-0.4, -0.2) is 44.3 Å². The molecule has 0 bridgehead atoms. The molecule has 0 spiro atoms. The summed E-state index contributed by atoms with van der Waals surface area (Å²) >= 11 is 0. The summed E-state index contributed by atoms with van der Waals surface area (Å²) in [4.78, 5) is 15.1. The van der Waals surface area contributed by atoms with Gasteiger partial charge in [-0.2, -0.15) is 0 Å². The van der Waals surface area contributed by atoms with Gasteiger partial charge in [-0.25, -0.2) is 0 Å². The zero-order chi connectivity index (χ0) is 18.6. The van der Waals surface area contributed by atoms with Crippen LogP contribution < -0.4 is 19.5 Å². The Kier molecular flexibility index (Phi) is 5.16. The molecule has 2 heterocycles. The van der Waals surface area contributed by atoms with Crippen molar-refractivity contribution in [2.24, 2.45) is 0 Å². The van der Waals surface area contributed by atoms with Crippen LogP contribution in [0.3, 0.4) is 0 Å². The second-order valence-corrected chi connectivity index (χ2v) is 6.78. The molecule has 27 heavy (non-hydrogen) atoms. The summed E-state index contributed by atoms with van der Waals surface area (Å²) in [5.74, 6) is 2.00. The minimum absolute atomic E-state index is 0.0978. The van der Waals surface area contributed by atoms with E-state index in [9.17, 15) is 4.79 Å². The predicted octanol–water partition coefficient (Wildman–Crippen LogP) is 2.99. The molecule has 0 radical (unpaired) electrons. The van der Waals surface area contributed by atoms with Gasteiger partial charge in [0.2, 0.25) is 6.79 Å². The number of hydrogen-bond acceptors (Lipinski definition) is 5. The van der Waals surface area contributed by atoms with Crippen LogP contribution in [0.2, 0.25) is 0 Å². The number of nitrogens with one attached hydrogen (secondary N) is 1. The Balaban J connectivity index is 1.52. The van der Waals surface area contributed by atoms with E-state index in [0.29, 0.717) is 17.9 Å². The number of fused-ring (bicyclic) bond motifs is 1. The summed E-state index contributed by atoms with van der Waals surface area (Å²) in [6.07, 6.45) is 2.36. The molecule has 1 saturated heterocycles. The molecular weight excluding hydrogens is 344 g/mol. The highest BCUT2D eigenvalue weighted by molar-refractivity contribution is 5.96. The van der Waals surface area contributed by atoms with Gasteiger partial charge in [0.15, 0.2) is 11.5 Å². The minimum atomic E-state index is -0.127. The summed E-state index contributed by atoms with van der Waals surface area (Å²) in [5.41, 5.74) is 1.67. The van der Waals surface area contributed by atoms with Gasteiger partial charge in [-0.15, -0.1) is 0 Å². The fourth-order valence-electron chi connectivity index (χ4n) is 3.75. The first-order valence-corrected chi connectivity index (χ1v) is 9.31. The number of carbonyl (C=O) groups excluding carboxylic acids is 1. The molecule has 142 valence electrons. The van der Waals surface area contributed by atoms with Crippen LogP contribution in [0.15, 0.2) is 42.5 Å². The van der Waals surface area contributed by atoms with Gasteiger partial charge in [0.25, 0.3) is 5.91 Å². The second kappa shape index (κ2) is 7.88. The van der Waals surface area contributed by atoms with Gasteiger partial charge < -0.3 is 19.5 Å². The van der Waals surface area contributed by atoms with E-state index in [-0.39, 0.29) is 18.7 Å². The standard InChI is InChI=1S/C21H24N2O4/c1-25-18-7-3-2-6-16(18)21(24)22-13-17(23-10-4-5-11-23)15-8-9-19-20(12-15)27-14-26-19/h2-3,6-9,12,17H,4-5,10-11,13-14H2,1H3,(H,22,24). The van der Waals surface area contributed by atoms with E-state index in [0.717, 1.165) is 30.2 Å². The normalized spacial score (nSPS) is 16.9. The maximum atomic E-state index is 12.7. The van der Waals surface area contributed by atoms with Gasteiger partial charge in [0, 0.05) is 6.54 Å². The molecule has 0 aliphatic carbocycles. The highest BCUT2D eigenvalue weighted by Gasteiger charge is 2.26. The molecule has 2 aromatic rings. The van der Waals surface area contributed by atoms with Crippen molar-refractivity contribution in [3.05, 3.63) is 53.6 Å².